The number of anilines is 1. The molecule has 0 aromatic heterocycles. The van der Waals surface area contributed by atoms with Crippen LogP contribution in [0, 0.1) is 0 Å². The van der Waals surface area contributed by atoms with Gasteiger partial charge >= 0.3 is 0 Å². The highest BCUT2D eigenvalue weighted by molar-refractivity contribution is 7.92. The van der Waals surface area contributed by atoms with Crippen molar-refractivity contribution in [2.75, 3.05) is 31.0 Å². The molecule has 9 heteroatoms. The molecule has 39 heavy (non-hydrogen) atoms. The third kappa shape index (κ3) is 7.83. The Morgan fingerprint density at radius 1 is 0.897 bits per heavy atom. The fraction of sp³-hybridized carbons (Fsp3) is 0.333. The number of hydrogen-bond donors (Lipinski definition) is 1. The van der Waals surface area contributed by atoms with Gasteiger partial charge in [-0.25, -0.2) is 8.42 Å². The van der Waals surface area contributed by atoms with Crippen molar-refractivity contribution >= 4 is 27.5 Å². The third-order valence-electron chi connectivity index (χ3n) is 6.39. The lowest BCUT2D eigenvalue weighted by Crippen LogP contribution is -2.53. The average Bonchev–Trinajstić information content (AvgIpc) is 2.97. The van der Waals surface area contributed by atoms with Crippen molar-refractivity contribution in [2.24, 2.45) is 0 Å². The Balaban J connectivity index is 1.97. The van der Waals surface area contributed by atoms with Crippen molar-refractivity contribution in [3.63, 3.8) is 0 Å². The van der Waals surface area contributed by atoms with E-state index in [1.807, 2.05) is 44.2 Å². The molecular formula is C30H37N3O5S. The second-order valence-electron chi connectivity index (χ2n) is 9.06. The largest absolute Gasteiger partial charge is 0.497 e. The lowest BCUT2D eigenvalue weighted by molar-refractivity contribution is -0.139. The van der Waals surface area contributed by atoms with Crippen molar-refractivity contribution in [3.05, 3.63) is 90.5 Å². The number of ether oxygens (including phenoxy) is 1. The molecule has 0 aliphatic rings. The van der Waals surface area contributed by atoms with Gasteiger partial charge in [0.15, 0.2) is 0 Å². The Morgan fingerprint density at radius 3 is 2.08 bits per heavy atom. The molecule has 0 aliphatic heterocycles. The fourth-order valence-corrected chi connectivity index (χ4v) is 5.67. The Bertz CT molecular complexity index is 1300. The van der Waals surface area contributed by atoms with Gasteiger partial charge in [-0.05, 0) is 61.2 Å². The van der Waals surface area contributed by atoms with Gasteiger partial charge in [0.1, 0.15) is 18.3 Å². The van der Waals surface area contributed by atoms with Crippen LogP contribution in [0.4, 0.5) is 5.69 Å². The molecule has 0 unspecified atom stereocenters. The molecule has 0 saturated carbocycles. The first-order chi connectivity index (χ1) is 18.8. The van der Waals surface area contributed by atoms with Crippen LogP contribution >= 0.6 is 0 Å². The van der Waals surface area contributed by atoms with Crippen LogP contribution in [0.2, 0.25) is 0 Å². The number of methoxy groups -OCH3 is 1. The van der Waals surface area contributed by atoms with E-state index in [9.17, 15) is 18.0 Å². The SMILES string of the molecule is CCCNC(=O)[C@@H](CC)N(CCc1ccccc1)C(=O)CN(c1ccccc1)S(=O)(=O)c1ccc(OC)cc1. The first-order valence-electron chi connectivity index (χ1n) is 13.1. The van der Waals surface area contributed by atoms with E-state index in [1.165, 1.54) is 24.1 Å². The molecule has 0 spiro atoms. The summed E-state index contributed by atoms with van der Waals surface area (Å²) >= 11 is 0. The van der Waals surface area contributed by atoms with Crippen LogP contribution in [0.25, 0.3) is 0 Å². The number of sulfonamides is 1. The summed E-state index contributed by atoms with van der Waals surface area (Å²) in [6.07, 6.45) is 1.69. The van der Waals surface area contributed by atoms with Crippen LogP contribution in [0.5, 0.6) is 5.75 Å². The molecule has 2 amide bonds. The van der Waals surface area contributed by atoms with E-state index in [1.54, 1.807) is 42.5 Å². The highest BCUT2D eigenvalue weighted by Gasteiger charge is 2.33. The second-order valence-corrected chi connectivity index (χ2v) is 10.9. The van der Waals surface area contributed by atoms with Gasteiger partial charge in [0, 0.05) is 13.1 Å². The molecule has 208 valence electrons. The van der Waals surface area contributed by atoms with E-state index >= 15 is 0 Å². The van der Waals surface area contributed by atoms with Crippen LogP contribution in [0.3, 0.4) is 0 Å². The zero-order chi connectivity index (χ0) is 28.3. The van der Waals surface area contributed by atoms with Gasteiger partial charge in [-0.15, -0.1) is 0 Å². The zero-order valence-corrected chi connectivity index (χ0v) is 23.6. The van der Waals surface area contributed by atoms with E-state index in [-0.39, 0.29) is 17.3 Å². The van der Waals surface area contributed by atoms with E-state index in [0.717, 1.165) is 16.3 Å². The first kappa shape index (κ1) is 29.7. The number of para-hydroxylation sites is 1. The molecule has 1 N–H and O–H groups in total. The second kappa shape index (κ2) is 14.3. The predicted octanol–water partition coefficient (Wildman–Crippen LogP) is 4.27. The van der Waals surface area contributed by atoms with E-state index in [4.69, 9.17) is 4.74 Å². The molecule has 3 rings (SSSR count). The molecule has 0 saturated heterocycles. The van der Waals surface area contributed by atoms with Crippen LogP contribution < -0.4 is 14.4 Å². The average molecular weight is 552 g/mol. The molecule has 0 bridgehead atoms. The molecule has 0 heterocycles. The highest BCUT2D eigenvalue weighted by Crippen LogP contribution is 2.25. The first-order valence-corrected chi connectivity index (χ1v) is 14.6. The Morgan fingerprint density at radius 2 is 1.51 bits per heavy atom. The summed E-state index contributed by atoms with van der Waals surface area (Å²) < 4.78 is 33.9. The molecular weight excluding hydrogens is 514 g/mol. The van der Waals surface area contributed by atoms with E-state index < -0.39 is 28.5 Å². The fourth-order valence-electron chi connectivity index (χ4n) is 4.26. The quantitative estimate of drug-likeness (QED) is 0.323. The van der Waals surface area contributed by atoms with Gasteiger partial charge in [-0.1, -0.05) is 62.4 Å². The summed E-state index contributed by atoms with van der Waals surface area (Å²) in [5.74, 6) is -0.178. The standard InChI is InChI=1S/C30H37N3O5S/c1-4-21-31-30(35)28(5-2)32(22-20-24-12-8-6-9-13-24)29(34)23-33(25-14-10-7-11-15-25)39(36,37)27-18-16-26(38-3)17-19-27/h6-19,28H,4-5,20-23H2,1-3H3,(H,31,35)/t28-/m1/s1. The minimum absolute atomic E-state index is 0.0310. The topological polar surface area (TPSA) is 96.0 Å². The minimum Gasteiger partial charge on any atom is -0.497 e. The summed E-state index contributed by atoms with van der Waals surface area (Å²) in [5, 5.41) is 2.89. The number of carbonyl (C=O) groups excluding carboxylic acids is 2. The molecule has 1 atom stereocenters. The van der Waals surface area contributed by atoms with Crippen molar-refractivity contribution < 1.29 is 22.7 Å². The van der Waals surface area contributed by atoms with Gasteiger partial charge < -0.3 is 15.0 Å². The molecule has 3 aromatic rings. The maximum absolute atomic E-state index is 13.9. The van der Waals surface area contributed by atoms with Crippen molar-refractivity contribution in [1.82, 2.24) is 10.2 Å². The van der Waals surface area contributed by atoms with Crippen LogP contribution in [-0.4, -0.2) is 57.9 Å². The van der Waals surface area contributed by atoms with Crippen LogP contribution in [0.15, 0.2) is 89.8 Å². The van der Waals surface area contributed by atoms with Gasteiger partial charge in [-0.2, -0.15) is 0 Å². The minimum atomic E-state index is -4.11. The van der Waals surface area contributed by atoms with E-state index in [0.29, 0.717) is 30.8 Å². The lowest BCUT2D eigenvalue weighted by Gasteiger charge is -2.33. The Kier molecular flexibility index (Phi) is 10.9. The number of carbonyl (C=O) groups is 2. The van der Waals surface area contributed by atoms with Gasteiger partial charge in [0.25, 0.3) is 10.0 Å². The van der Waals surface area contributed by atoms with Crippen molar-refractivity contribution in [1.29, 1.82) is 0 Å². The summed E-state index contributed by atoms with van der Waals surface area (Å²) in [6.45, 7) is 4.12. The van der Waals surface area contributed by atoms with Crippen molar-refractivity contribution in [2.45, 2.75) is 44.0 Å². The Labute approximate surface area is 231 Å². The Hall–Kier alpha value is -3.85. The third-order valence-corrected chi connectivity index (χ3v) is 8.18. The number of hydrogen-bond acceptors (Lipinski definition) is 5. The van der Waals surface area contributed by atoms with E-state index in [2.05, 4.69) is 5.32 Å². The zero-order valence-electron chi connectivity index (χ0n) is 22.7. The number of nitrogens with zero attached hydrogens (tertiary/aromatic N) is 2. The molecule has 3 aromatic carbocycles. The van der Waals surface area contributed by atoms with Crippen LogP contribution in [-0.2, 0) is 26.0 Å². The smallest absolute Gasteiger partial charge is 0.264 e. The summed E-state index contributed by atoms with van der Waals surface area (Å²) in [4.78, 5) is 28.5. The maximum Gasteiger partial charge on any atom is 0.264 e. The number of nitrogens with one attached hydrogen (secondary N) is 1. The molecule has 0 fully saturated rings. The maximum atomic E-state index is 13.9. The monoisotopic (exact) mass is 551 g/mol. The molecule has 0 aliphatic carbocycles. The van der Waals surface area contributed by atoms with Gasteiger partial charge in [0.2, 0.25) is 11.8 Å². The number of rotatable bonds is 14. The van der Waals surface area contributed by atoms with Gasteiger partial charge in [0.05, 0.1) is 17.7 Å². The summed E-state index contributed by atoms with van der Waals surface area (Å²) in [6, 6.07) is 23.5. The molecule has 8 nitrogen and oxygen atoms in total. The van der Waals surface area contributed by atoms with Crippen molar-refractivity contribution in [3.8, 4) is 5.75 Å². The number of benzene rings is 3. The number of amides is 2. The summed E-state index contributed by atoms with van der Waals surface area (Å²) in [5.41, 5.74) is 1.37. The normalized spacial score (nSPS) is 11.9. The lowest BCUT2D eigenvalue weighted by atomic mass is 10.1. The van der Waals surface area contributed by atoms with Crippen LogP contribution in [0.1, 0.15) is 32.3 Å². The van der Waals surface area contributed by atoms with Gasteiger partial charge in [-0.3, -0.25) is 13.9 Å². The predicted molar refractivity (Wildman–Crippen MR) is 153 cm³/mol. The molecule has 0 radical (unpaired) electrons. The summed E-state index contributed by atoms with van der Waals surface area (Å²) in [7, 11) is -2.61. The highest BCUT2D eigenvalue weighted by atomic mass is 32.2.